The fourth-order valence-corrected chi connectivity index (χ4v) is 3.68. The molecule has 1 aromatic heterocycles. The molecule has 2 rings (SSSR count). The Hall–Kier alpha value is -2.06. The van der Waals surface area contributed by atoms with Crippen molar-refractivity contribution < 1.29 is 18.3 Å². The number of nitrogens with zero attached hydrogens (tertiary/aromatic N) is 1. The van der Waals surface area contributed by atoms with Crippen LogP contribution in [0.3, 0.4) is 0 Å². The van der Waals surface area contributed by atoms with Crippen LogP contribution >= 0.6 is 11.6 Å². The Morgan fingerprint density at radius 2 is 2.05 bits per heavy atom. The molecule has 1 heterocycles. The Bertz CT molecular complexity index is 794. The number of benzene rings is 1. The van der Waals surface area contributed by atoms with Crippen molar-refractivity contribution in [3.63, 3.8) is 0 Å². The van der Waals surface area contributed by atoms with Crippen molar-refractivity contribution in [3.05, 3.63) is 40.2 Å². The Kier molecular flexibility index (Phi) is 3.93. The predicted molar refractivity (Wildman–Crippen MR) is 77.3 cm³/mol. The summed E-state index contributed by atoms with van der Waals surface area (Å²) in [6, 6.07) is 4.10. The van der Waals surface area contributed by atoms with E-state index in [1.807, 2.05) is 0 Å². The molecule has 112 valence electrons. The van der Waals surface area contributed by atoms with Crippen LogP contribution in [-0.2, 0) is 10.0 Å². The summed E-state index contributed by atoms with van der Waals surface area (Å²) in [5.74, 6) is -1.28. The highest BCUT2D eigenvalue weighted by molar-refractivity contribution is 7.92. The minimum atomic E-state index is -4.00. The van der Waals surface area contributed by atoms with Gasteiger partial charge in [-0.05, 0) is 26.0 Å². The topological polar surface area (TPSA) is 112 Å². The Morgan fingerprint density at radius 1 is 1.38 bits per heavy atom. The largest absolute Gasteiger partial charge is 0.478 e. The number of sulfonamides is 1. The number of hydrogen-bond acceptors (Lipinski definition) is 4. The van der Waals surface area contributed by atoms with E-state index in [0.29, 0.717) is 5.69 Å². The van der Waals surface area contributed by atoms with E-state index in [9.17, 15) is 13.2 Å². The van der Waals surface area contributed by atoms with E-state index in [4.69, 9.17) is 16.7 Å². The summed E-state index contributed by atoms with van der Waals surface area (Å²) in [7, 11) is -4.00. The molecule has 0 saturated carbocycles. The molecule has 2 aromatic rings. The first-order chi connectivity index (χ1) is 9.74. The summed E-state index contributed by atoms with van der Waals surface area (Å²) >= 11 is 5.91. The van der Waals surface area contributed by atoms with E-state index in [1.54, 1.807) is 6.92 Å². The lowest BCUT2D eigenvalue weighted by molar-refractivity contribution is 0.0698. The van der Waals surface area contributed by atoms with Gasteiger partial charge in [-0.3, -0.25) is 9.82 Å². The predicted octanol–water partition coefficient (Wildman–Crippen LogP) is 2.18. The summed E-state index contributed by atoms with van der Waals surface area (Å²) in [5.41, 5.74) is 0.226. The van der Waals surface area contributed by atoms with Gasteiger partial charge < -0.3 is 5.11 Å². The molecule has 0 bridgehead atoms. The van der Waals surface area contributed by atoms with Gasteiger partial charge in [0, 0.05) is 0 Å². The van der Waals surface area contributed by atoms with Crippen LogP contribution in [-0.4, -0.2) is 29.7 Å². The fraction of sp³-hybridized carbons (Fsp3) is 0.167. The molecule has 1 aromatic carbocycles. The highest BCUT2D eigenvalue weighted by Crippen LogP contribution is 2.29. The number of anilines is 1. The number of aromatic carboxylic acids is 1. The number of carboxylic acid groups (broad SMARTS) is 1. The monoisotopic (exact) mass is 329 g/mol. The maximum absolute atomic E-state index is 12.4. The third kappa shape index (κ3) is 2.86. The van der Waals surface area contributed by atoms with Crippen molar-refractivity contribution >= 4 is 33.3 Å². The molecule has 7 nitrogen and oxygen atoms in total. The number of aromatic amines is 1. The summed E-state index contributed by atoms with van der Waals surface area (Å²) in [6.07, 6.45) is 0. The van der Waals surface area contributed by atoms with Crippen molar-refractivity contribution in [3.8, 4) is 0 Å². The average molecular weight is 330 g/mol. The summed E-state index contributed by atoms with van der Waals surface area (Å²) in [5, 5.41) is 15.5. The Labute approximate surface area is 126 Å². The van der Waals surface area contributed by atoms with Gasteiger partial charge in [0.05, 0.1) is 27.7 Å². The molecule has 0 radical (unpaired) electrons. The molecule has 0 unspecified atom stereocenters. The second-order valence-electron chi connectivity index (χ2n) is 4.34. The normalized spacial score (nSPS) is 11.4. The van der Waals surface area contributed by atoms with E-state index in [1.165, 1.54) is 25.1 Å². The number of H-pyrrole nitrogens is 1. The SMILES string of the molecule is Cc1n[nH]c(C)c1S(=O)(=O)Nc1c(Cl)cccc1C(=O)O. The van der Waals surface area contributed by atoms with Crippen LogP contribution in [0, 0.1) is 13.8 Å². The standard InChI is InChI=1S/C12H12ClN3O4S/c1-6-11(7(2)15-14-6)21(19,20)16-10-8(12(17)18)4-3-5-9(10)13/h3-5,16H,1-2H3,(H,14,15)(H,17,18). The molecule has 21 heavy (non-hydrogen) atoms. The van der Waals surface area contributed by atoms with Gasteiger partial charge in [0.2, 0.25) is 0 Å². The highest BCUT2D eigenvalue weighted by Gasteiger charge is 2.25. The smallest absolute Gasteiger partial charge is 0.337 e. The van der Waals surface area contributed by atoms with Gasteiger partial charge in [0.25, 0.3) is 10.0 Å². The van der Waals surface area contributed by atoms with Gasteiger partial charge in [0.15, 0.2) is 0 Å². The molecule has 0 aliphatic rings. The van der Waals surface area contributed by atoms with Crippen molar-refractivity contribution in [2.75, 3.05) is 4.72 Å². The summed E-state index contributed by atoms with van der Waals surface area (Å²) in [4.78, 5) is 11.1. The average Bonchev–Trinajstić information content (AvgIpc) is 2.71. The van der Waals surface area contributed by atoms with Crippen LogP contribution in [0.25, 0.3) is 0 Å². The first-order valence-electron chi connectivity index (χ1n) is 5.80. The van der Waals surface area contributed by atoms with Crippen LogP contribution < -0.4 is 4.72 Å². The quantitative estimate of drug-likeness (QED) is 0.795. The second kappa shape index (κ2) is 5.38. The zero-order valence-electron chi connectivity index (χ0n) is 11.1. The molecule has 0 spiro atoms. The zero-order chi connectivity index (χ0) is 15.8. The van der Waals surface area contributed by atoms with E-state index in [0.717, 1.165) is 0 Å². The van der Waals surface area contributed by atoms with Gasteiger partial charge in [0.1, 0.15) is 4.90 Å². The number of rotatable bonds is 4. The van der Waals surface area contributed by atoms with Crippen LogP contribution in [0.4, 0.5) is 5.69 Å². The van der Waals surface area contributed by atoms with E-state index in [-0.39, 0.29) is 26.9 Å². The van der Waals surface area contributed by atoms with E-state index < -0.39 is 16.0 Å². The number of carbonyl (C=O) groups is 1. The van der Waals surface area contributed by atoms with Crippen LogP contribution in [0.2, 0.25) is 5.02 Å². The number of aryl methyl sites for hydroxylation is 2. The minimum absolute atomic E-state index is 0.00252. The maximum Gasteiger partial charge on any atom is 0.337 e. The fourth-order valence-electron chi connectivity index (χ4n) is 1.93. The van der Waals surface area contributed by atoms with Crippen LogP contribution in [0.5, 0.6) is 0 Å². The third-order valence-corrected chi connectivity index (χ3v) is 4.74. The lowest BCUT2D eigenvalue weighted by atomic mass is 10.2. The van der Waals surface area contributed by atoms with Crippen molar-refractivity contribution in [2.45, 2.75) is 18.7 Å². The second-order valence-corrected chi connectivity index (χ2v) is 6.36. The first kappa shape index (κ1) is 15.3. The third-order valence-electron chi connectivity index (χ3n) is 2.81. The zero-order valence-corrected chi connectivity index (χ0v) is 12.7. The lowest BCUT2D eigenvalue weighted by Gasteiger charge is -2.12. The number of nitrogens with one attached hydrogen (secondary N) is 2. The van der Waals surface area contributed by atoms with Gasteiger partial charge in [-0.25, -0.2) is 13.2 Å². The van der Waals surface area contributed by atoms with Gasteiger partial charge in [-0.15, -0.1) is 0 Å². The van der Waals surface area contributed by atoms with Crippen LogP contribution in [0.15, 0.2) is 23.1 Å². The number of aromatic nitrogens is 2. The van der Waals surface area contributed by atoms with Crippen molar-refractivity contribution in [1.82, 2.24) is 10.2 Å². The molecule has 3 N–H and O–H groups in total. The molecule has 0 fully saturated rings. The molecule has 0 aliphatic carbocycles. The van der Waals surface area contributed by atoms with Gasteiger partial charge in [-0.2, -0.15) is 5.10 Å². The number of halogens is 1. The maximum atomic E-state index is 12.4. The summed E-state index contributed by atoms with van der Waals surface area (Å²) in [6.45, 7) is 3.09. The Balaban J connectivity index is 2.55. The molecule has 0 saturated heterocycles. The first-order valence-corrected chi connectivity index (χ1v) is 7.66. The van der Waals surface area contributed by atoms with E-state index in [2.05, 4.69) is 14.9 Å². The summed E-state index contributed by atoms with van der Waals surface area (Å²) < 4.78 is 27.0. The number of hydrogen-bond donors (Lipinski definition) is 3. The molecule has 0 atom stereocenters. The Morgan fingerprint density at radius 3 is 2.57 bits per heavy atom. The molecule has 9 heteroatoms. The highest BCUT2D eigenvalue weighted by atomic mass is 35.5. The molecule has 0 amide bonds. The lowest BCUT2D eigenvalue weighted by Crippen LogP contribution is -2.17. The molecular weight excluding hydrogens is 318 g/mol. The van der Waals surface area contributed by atoms with Crippen molar-refractivity contribution in [1.29, 1.82) is 0 Å². The number of carboxylic acids is 1. The number of para-hydroxylation sites is 1. The molecular formula is C12H12ClN3O4S. The van der Waals surface area contributed by atoms with E-state index >= 15 is 0 Å². The van der Waals surface area contributed by atoms with Crippen molar-refractivity contribution in [2.24, 2.45) is 0 Å². The molecule has 0 aliphatic heterocycles. The minimum Gasteiger partial charge on any atom is -0.478 e. The van der Waals surface area contributed by atoms with Gasteiger partial charge >= 0.3 is 5.97 Å². The van der Waals surface area contributed by atoms with Gasteiger partial charge in [-0.1, -0.05) is 17.7 Å². The van der Waals surface area contributed by atoms with Crippen LogP contribution in [0.1, 0.15) is 21.7 Å².